The molecule has 1 aromatic rings. The van der Waals surface area contributed by atoms with Crippen LogP contribution in [0.3, 0.4) is 0 Å². The molecule has 4 heterocycles. The van der Waals surface area contributed by atoms with E-state index in [0.29, 0.717) is 11.9 Å². The Bertz CT molecular complexity index is 633. The molecule has 0 aromatic carbocycles. The molecule has 4 bridgehead atoms. The summed E-state index contributed by atoms with van der Waals surface area (Å²) < 4.78 is 1.85. The first-order valence-corrected chi connectivity index (χ1v) is 9.67. The van der Waals surface area contributed by atoms with E-state index in [1.165, 1.54) is 37.7 Å². The van der Waals surface area contributed by atoms with Crippen LogP contribution in [0, 0.1) is 23.7 Å². The highest BCUT2D eigenvalue weighted by Crippen LogP contribution is 2.48. The van der Waals surface area contributed by atoms with Crippen LogP contribution < -0.4 is 5.32 Å². The fraction of sp³-hybridized carbons (Fsp3) is 0.789. The van der Waals surface area contributed by atoms with Crippen LogP contribution in [0.15, 0.2) is 12.4 Å². The molecule has 2 saturated carbocycles. The van der Waals surface area contributed by atoms with E-state index in [1.807, 2.05) is 17.9 Å². The highest BCUT2D eigenvalue weighted by molar-refractivity contribution is 5.85. The van der Waals surface area contributed by atoms with E-state index in [9.17, 15) is 4.79 Å². The molecule has 1 aromatic heterocycles. The monoisotopic (exact) mass is 364 g/mol. The van der Waals surface area contributed by atoms with Gasteiger partial charge in [0.2, 0.25) is 5.91 Å². The maximum atomic E-state index is 13.5. The van der Waals surface area contributed by atoms with Gasteiger partial charge in [-0.1, -0.05) is 0 Å². The van der Waals surface area contributed by atoms with Crippen LogP contribution in [0.5, 0.6) is 0 Å². The van der Waals surface area contributed by atoms with Crippen molar-refractivity contribution >= 4 is 18.3 Å². The third-order valence-corrected chi connectivity index (χ3v) is 7.07. The maximum Gasteiger partial charge on any atom is 0.227 e. The van der Waals surface area contributed by atoms with Gasteiger partial charge in [-0.2, -0.15) is 5.10 Å². The Morgan fingerprint density at radius 2 is 1.84 bits per heavy atom. The summed E-state index contributed by atoms with van der Waals surface area (Å²) in [4.78, 5) is 15.8. The van der Waals surface area contributed by atoms with E-state index >= 15 is 0 Å². The van der Waals surface area contributed by atoms with Crippen molar-refractivity contribution in [3.8, 4) is 0 Å². The fourth-order valence-corrected chi connectivity index (χ4v) is 6.19. The molecule has 2 aliphatic carbocycles. The van der Waals surface area contributed by atoms with Gasteiger partial charge in [0.05, 0.1) is 12.1 Å². The van der Waals surface area contributed by atoms with Crippen LogP contribution in [0.25, 0.3) is 0 Å². The summed E-state index contributed by atoms with van der Waals surface area (Å²) in [5, 5.41) is 7.77. The van der Waals surface area contributed by atoms with E-state index < -0.39 is 0 Å². The summed E-state index contributed by atoms with van der Waals surface area (Å²) in [6.07, 6.45) is 10.7. The van der Waals surface area contributed by atoms with Crippen LogP contribution >= 0.6 is 12.4 Å². The van der Waals surface area contributed by atoms with E-state index in [-0.39, 0.29) is 24.2 Å². The minimum atomic E-state index is 0. The second kappa shape index (κ2) is 6.58. The smallest absolute Gasteiger partial charge is 0.227 e. The van der Waals surface area contributed by atoms with Gasteiger partial charge in [-0.3, -0.25) is 9.48 Å². The zero-order valence-corrected chi connectivity index (χ0v) is 15.8. The number of amides is 1. The number of nitrogens with zero attached hydrogens (tertiary/aromatic N) is 3. The van der Waals surface area contributed by atoms with E-state index in [2.05, 4.69) is 21.5 Å². The fourth-order valence-electron chi connectivity index (χ4n) is 6.19. The van der Waals surface area contributed by atoms with Crippen molar-refractivity contribution in [3.05, 3.63) is 18.0 Å². The number of carbonyl (C=O) groups excluding carboxylic acids is 1. The van der Waals surface area contributed by atoms with Gasteiger partial charge in [0.25, 0.3) is 0 Å². The van der Waals surface area contributed by atoms with Gasteiger partial charge in [-0.15, -0.1) is 12.4 Å². The second-order valence-electron chi connectivity index (χ2n) is 8.74. The van der Waals surface area contributed by atoms with Gasteiger partial charge in [-0.05, 0) is 55.4 Å². The highest BCUT2D eigenvalue weighted by atomic mass is 35.5. The molecule has 25 heavy (non-hydrogen) atoms. The largest absolute Gasteiger partial charge is 0.339 e. The molecule has 5 nitrogen and oxygen atoms in total. The predicted molar refractivity (Wildman–Crippen MR) is 98.6 cm³/mol. The maximum absolute atomic E-state index is 13.5. The zero-order chi connectivity index (χ0) is 16.3. The Hall–Kier alpha value is -1.07. The van der Waals surface area contributed by atoms with E-state index in [1.54, 1.807) is 0 Å². The van der Waals surface area contributed by atoms with Crippen molar-refractivity contribution in [2.45, 2.75) is 44.1 Å². The molecule has 0 spiro atoms. The molecule has 1 N–H and O–H groups in total. The van der Waals surface area contributed by atoms with Gasteiger partial charge in [0.1, 0.15) is 0 Å². The molecule has 5 fully saturated rings. The van der Waals surface area contributed by atoms with Crippen molar-refractivity contribution in [3.63, 3.8) is 0 Å². The van der Waals surface area contributed by atoms with Gasteiger partial charge in [0, 0.05) is 44.8 Å². The predicted octanol–water partition coefficient (Wildman–Crippen LogP) is 2.18. The molecule has 0 radical (unpaired) electrons. The minimum Gasteiger partial charge on any atom is -0.339 e. The molecule has 3 aliphatic heterocycles. The van der Waals surface area contributed by atoms with Crippen LogP contribution in [-0.2, 0) is 11.8 Å². The first-order valence-electron chi connectivity index (χ1n) is 9.67. The van der Waals surface area contributed by atoms with Crippen molar-refractivity contribution in [2.75, 3.05) is 19.6 Å². The molecular weight excluding hydrogens is 336 g/mol. The lowest BCUT2D eigenvalue weighted by Crippen LogP contribution is -2.46. The molecular formula is C19H29ClN4O. The molecule has 5 aliphatic rings. The average Bonchev–Trinajstić information content (AvgIpc) is 3.15. The number of hydrogen-bond donors (Lipinski definition) is 1. The standard InChI is InChI=1S/C19H28N4O.ClH/c1-22-11-15(7-21-22)17-8-20-9-18(17)19(24)23-10-14-3-12-2-13(4-14)6-16(23)5-12;/h7,11-14,16-18,20H,2-6,8-10H2,1H3;1H/t12?,13?,14?,16?,17-,18+;/m1./s1. The number of aromatic nitrogens is 2. The molecule has 1 amide bonds. The SMILES string of the molecule is Cl.Cn1cc([C@H]2CNC[C@@H]2C(=O)N2CC3CC4CC(C3)CC2C4)cn1. The molecule has 2 unspecified atom stereocenters. The van der Waals surface area contributed by atoms with Crippen LogP contribution in [0.2, 0.25) is 0 Å². The third-order valence-electron chi connectivity index (χ3n) is 7.07. The molecule has 6 heteroatoms. The Kier molecular flexibility index (Phi) is 4.57. The van der Waals surface area contributed by atoms with Gasteiger partial charge in [-0.25, -0.2) is 0 Å². The van der Waals surface area contributed by atoms with Gasteiger partial charge in [0.15, 0.2) is 0 Å². The summed E-state index contributed by atoms with van der Waals surface area (Å²) in [5.74, 6) is 3.32. The van der Waals surface area contributed by atoms with Crippen LogP contribution in [-0.4, -0.2) is 46.3 Å². The number of hydrogen-bond acceptors (Lipinski definition) is 3. The Morgan fingerprint density at radius 3 is 2.52 bits per heavy atom. The lowest BCUT2D eigenvalue weighted by atomic mass is 9.68. The Morgan fingerprint density at radius 1 is 1.12 bits per heavy atom. The van der Waals surface area contributed by atoms with Gasteiger partial charge >= 0.3 is 0 Å². The summed E-state index contributed by atoms with van der Waals surface area (Å²) in [7, 11) is 1.95. The zero-order valence-electron chi connectivity index (χ0n) is 14.9. The van der Waals surface area contributed by atoms with Crippen LogP contribution in [0.4, 0.5) is 0 Å². The van der Waals surface area contributed by atoms with Crippen molar-refractivity contribution in [1.82, 2.24) is 20.0 Å². The molecule has 4 atom stereocenters. The summed E-state index contributed by atoms with van der Waals surface area (Å²) in [5.41, 5.74) is 1.21. The van der Waals surface area contributed by atoms with Gasteiger partial charge < -0.3 is 10.2 Å². The molecule has 6 rings (SSSR count). The third kappa shape index (κ3) is 2.99. The summed E-state index contributed by atoms with van der Waals surface area (Å²) >= 11 is 0. The average molecular weight is 365 g/mol. The quantitative estimate of drug-likeness (QED) is 0.875. The van der Waals surface area contributed by atoms with Crippen molar-refractivity contribution in [1.29, 1.82) is 0 Å². The molecule has 3 saturated heterocycles. The molecule has 138 valence electrons. The van der Waals surface area contributed by atoms with Crippen LogP contribution in [0.1, 0.15) is 43.6 Å². The Balaban J connectivity index is 0.00000157. The summed E-state index contributed by atoms with van der Waals surface area (Å²) in [6.45, 7) is 2.74. The lowest BCUT2D eigenvalue weighted by Gasteiger charge is -2.39. The number of nitrogens with one attached hydrogen (secondary N) is 1. The second-order valence-corrected chi connectivity index (χ2v) is 8.74. The number of fused-ring (bicyclic) bond motifs is 1. The lowest BCUT2D eigenvalue weighted by molar-refractivity contribution is -0.138. The highest BCUT2D eigenvalue weighted by Gasteiger charge is 2.46. The topological polar surface area (TPSA) is 50.2 Å². The number of carbonyl (C=O) groups is 1. The number of halogens is 1. The first-order chi connectivity index (χ1) is 11.7. The number of aryl methyl sites for hydroxylation is 1. The normalized spacial score (nSPS) is 39.3. The van der Waals surface area contributed by atoms with Crippen molar-refractivity contribution in [2.24, 2.45) is 30.7 Å². The first kappa shape index (κ1) is 17.3. The van der Waals surface area contributed by atoms with E-state index in [4.69, 9.17) is 0 Å². The number of rotatable bonds is 2. The minimum absolute atomic E-state index is 0. The van der Waals surface area contributed by atoms with E-state index in [0.717, 1.165) is 37.4 Å². The van der Waals surface area contributed by atoms with Crippen molar-refractivity contribution < 1.29 is 4.79 Å². The Labute approximate surface area is 155 Å². The summed E-state index contributed by atoms with van der Waals surface area (Å²) in [6, 6.07) is 0.517.